The summed E-state index contributed by atoms with van der Waals surface area (Å²) >= 11 is 0. The van der Waals surface area contributed by atoms with Gasteiger partial charge in [-0.2, -0.15) is 0 Å². The van der Waals surface area contributed by atoms with Crippen LogP contribution in [-0.4, -0.2) is 72.0 Å². The van der Waals surface area contributed by atoms with Crippen LogP contribution in [0.25, 0.3) is 0 Å². The lowest BCUT2D eigenvalue weighted by Crippen LogP contribution is -2.54. The number of nitrogens with one attached hydrogen (secondary N) is 1. The average Bonchev–Trinajstić information content (AvgIpc) is 2.83. The first-order valence-corrected chi connectivity index (χ1v) is 10.9. The quantitative estimate of drug-likeness (QED) is 0.526. The van der Waals surface area contributed by atoms with E-state index in [4.69, 9.17) is 9.47 Å². The second-order valence-electron chi connectivity index (χ2n) is 8.04. The second kappa shape index (κ2) is 9.86. The third-order valence-electron chi connectivity index (χ3n) is 5.90. The zero-order valence-electron chi connectivity index (χ0n) is 18.4. The van der Waals surface area contributed by atoms with Crippen LogP contribution in [0.15, 0.2) is 42.5 Å². The number of carbonyl (C=O) groups is 2. The molecule has 0 aliphatic carbocycles. The molecule has 0 radical (unpaired) electrons. The first-order chi connectivity index (χ1) is 15.9. The lowest BCUT2D eigenvalue weighted by atomic mass is 10.1. The average molecular weight is 454 g/mol. The van der Waals surface area contributed by atoms with Crippen molar-refractivity contribution in [1.82, 2.24) is 9.80 Å². The van der Waals surface area contributed by atoms with Gasteiger partial charge in [0, 0.05) is 45.2 Å². The van der Waals surface area contributed by atoms with Crippen LogP contribution in [0.2, 0.25) is 0 Å². The Balaban J connectivity index is 1.22. The molecular weight excluding hydrogens is 428 g/mol. The number of ether oxygens (including phenoxy) is 2. The van der Waals surface area contributed by atoms with E-state index in [0.29, 0.717) is 55.5 Å². The van der Waals surface area contributed by atoms with Gasteiger partial charge >= 0.3 is 0 Å². The van der Waals surface area contributed by atoms with E-state index in [1.807, 2.05) is 18.2 Å². The van der Waals surface area contributed by atoms with Crippen molar-refractivity contribution in [3.63, 3.8) is 0 Å². The highest BCUT2D eigenvalue weighted by Crippen LogP contribution is 2.31. The lowest BCUT2D eigenvalue weighted by molar-refractivity contribution is -0.385. The van der Waals surface area contributed by atoms with Gasteiger partial charge in [-0.1, -0.05) is 18.2 Å². The summed E-state index contributed by atoms with van der Waals surface area (Å²) in [4.78, 5) is 39.7. The predicted octanol–water partition coefficient (Wildman–Crippen LogP) is 2.22. The molecule has 2 aromatic rings. The lowest BCUT2D eigenvalue weighted by Gasteiger charge is -2.37. The van der Waals surface area contributed by atoms with Crippen LogP contribution in [0, 0.1) is 17.0 Å². The van der Waals surface area contributed by atoms with Gasteiger partial charge in [0.1, 0.15) is 6.61 Å². The SMILES string of the molecule is Cc1c(NC(=O)CCN2CCN(C(=O)[C@H]3COc4ccccc4O3)CC2)cccc1[N+](=O)[O-]. The normalized spacial score (nSPS) is 18.0. The Morgan fingerprint density at radius 3 is 2.55 bits per heavy atom. The standard InChI is InChI=1S/C23H26N4O6/c1-16-17(5-4-6-18(16)27(30)31)24-22(28)9-10-25-11-13-26(14-12-25)23(29)21-15-32-19-7-2-3-8-20(19)33-21/h2-8,21H,9-15H2,1H3,(H,24,28)/t21-/m1/s1. The van der Waals surface area contributed by atoms with Crippen molar-refractivity contribution >= 4 is 23.2 Å². The minimum absolute atomic E-state index is 0.0237. The maximum Gasteiger partial charge on any atom is 0.274 e. The molecular formula is C23H26N4O6. The smallest absolute Gasteiger partial charge is 0.274 e. The maximum absolute atomic E-state index is 12.8. The molecule has 10 nitrogen and oxygen atoms in total. The molecule has 1 atom stereocenters. The van der Waals surface area contributed by atoms with Crippen molar-refractivity contribution in [2.75, 3.05) is 44.6 Å². The van der Waals surface area contributed by atoms with Crippen LogP contribution in [0.5, 0.6) is 11.5 Å². The van der Waals surface area contributed by atoms with Crippen LogP contribution in [-0.2, 0) is 9.59 Å². The first-order valence-electron chi connectivity index (χ1n) is 10.9. The van der Waals surface area contributed by atoms with Crippen molar-refractivity contribution in [2.45, 2.75) is 19.4 Å². The fraction of sp³-hybridized carbons (Fsp3) is 0.391. The van der Waals surface area contributed by atoms with Gasteiger partial charge in [0.05, 0.1) is 16.2 Å². The number of piperazine rings is 1. The zero-order valence-corrected chi connectivity index (χ0v) is 18.4. The molecule has 0 spiro atoms. The molecule has 0 unspecified atom stereocenters. The van der Waals surface area contributed by atoms with Gasteiger partial charge in [0.25, 0.3) is 11.6 Å². The summed E-state index contributed by atoms with van der Waals surface area (Å²) in [6.07, 6.45) is -0.401. The number of benzene rings is 2. The summed E-state index contributed by atoms with van der Waals surface area (Å²) in [6.45, 7) is 4.74. The summed E-state index contributed by atoms with van der Waals surface area (Å²) in [5, 5.41) is 13.8. The molecule has 0 bridgehead atoms. The van der Waals surface area contributed by atoms with E-state index >= 15 is 0 Å². The van der Waals surface area contributed by atoms with E-state index in [-0.39, 0.29) is 30.5 Å². The van der Waals surface area contributed by atoms with Gasteiger partial charge in [-0.05, 0) is 25.1 Å². The Hall–Kier alpha value is -3.66. The molecule has 2 aromatic carbocycles. The molecule has 174 valence electrons. The van der Waals surface area contributed by atoms with E-state index in [2.05, 4.69) is 10.2 Å². The molecule has 0 aromatic heterocycles. The van der Waals surface area contributed by atoms with E-state index in [0.717, 1.165) is 0 Å². The second-order valence-corrected chi connectivity index (χ2v) is 8.04. The highest BCUT2D eigenvalue weighted by Gasteiger charge is 2.32. The highest BCUT2D eigenvalue weighted by molar-refractivity contribution is 5.92. The summed E-state index contributed by atoms with van der Waals surface area (Å²) in [6, 6.07) is 11.9. The van der Waals surface area contributed by atoms with Crippen molar-refractivity contribution in [2.24, 2.45) is 0 Å². The highest BCUT2D eigenvalue weighted by atomic mass is 16.6. The Bertz CT molecular complexity index is 1050. The third-order valence-corrected chi connectivity index (χ3v) is 5.90. The Kier molecular flexibility index (Phi) is 6.74. The number of amides is 2. The number of rotatable bonds is 6. The van der Waals surface area contributed by atoms with Crippen LogP contribution in [0.4, 0.5) is 11.4 Å². The predicted molar refractivity (Wildman–Crippen MR) is 120 cm³/mol. The van der Waals surface area contributed by atoms with Crippen LogP contribution in [0.1, 0.15) is 12.0 Å². The van der Waals surface area contributed by atoms with Crippen molar-refractivity contribution < 1.29 is 24.0 Å². The molecule has 0 saturated carbocycles. The molecule has 2 heterocycles. The van der Waals surface area contributed by atoms with Crippen molar-refractivity contribution in [3.05, 3.63) is 58.1 Å². The van der Waals surface area contributed by atoms with Gasteiger partial charge in [0.2, 0.25) is 12.0 Å². The van der Waals surface area contributed by atoms with E-state index in [1.165, 1.54) is 6.07 Å². The summed E-state index contributed by atoms with van der Waals surface area (Å²) in [7, 11) is 0. The number of nitro groups is 1. The molecule has 2 aliphatic heterocycles. The van der Waals surface area contributed by atoms with E-state index in [9.17, 15) is 19.7 Å². The third kappa shape index (κ3) is 5.23. The minimum Gasteiger partial charge on any atom is -0.485 e. The van der Waals surface area contributed by atoms with E-state index in [1.54, 1.807) is 30.0 Å². The molecule has 2 amide bonds. The Morgan fingerprint density at radius 1 is 1.09 bits per heavy atom. The molecule has 1 fully saturated rings. The molecule has 1 saturated heterocycles. The summed E-state index contributed by atoms with van der Waals surface area (Å²) in [5.41, 5.74) is 0.852. The number of anilines is 1. The molecule has 33 heavy (non-hydrogen) atoms. The minimum atomic E-state index is -0.657. The number of para-hydroxylation sites is 2. The Morgan fingerprint density at radius 2 is 1.82 bits per heavy atom. The Labute approximate surface area is 191 Å². The first kappa shape index (κ1) is 22.5. The maximum atomic E-state index is 12.8. The van der Waals surface area contributed by atoms with E-state index < -0.39 is 11.0 Å². The number of hydrogen-bond acceptors (Lipinski definition) is 7. The van der Waals surface area contributed by atoms with Crippen molar-refractivity contribution in [1.29, 1.82) is 0 Å². The van der Waals surface area contributed by atoms with Gasteiger partial charge in [-0.25, -0.2) is 0 Å². The topological polar surface area (TPSA) is 114 Å². The summed E-state index contributed by atoms with van der Waals surface area (Å²) < 4.78 is 11.5. The van der Waals surface area contributed by atoms with Crippen LogP contribution >= 0.6 is 0 Å². The van der Waals surface area contributed by atoms with Gasteiger partial charge in [-0.3, -0.25) is 24.6 Å². The number of hydrogen-bond donors (Lipinski definition) is 1. The molecule has 4 rings (SSSR count). The number of nitro benzene ring substituents is 1. The fourth-order valence-electron chi connectivity index (χ4n) is 3.97. The van der Waals surface area contributed by atoms with Crippen molar-refractivity contribution in [3.8, 4) is 11.5 Å². The fourth-order valence-corrected chi connectivity index (χ4v) is 3.97. The summed E-state index contributed by atoms with van der Waals surface area (Å²) in [5.74, 6) is 0.919. The molecule has 1 N–H and O–H groups in total. The van der Waals surface area contributed by atoms with Crippen LogP contribution in [0.3, 0.4) is 0 Å². The number of fused-ring (bicyclic) bond motifs is 1. The molecule has 10 heteroatoms. The van der Waals surface area contributed by atoms with Crippen LogP contribution < -0.4 is 14.8 Å². The zero-order chi connectivity index (χ0) is 23.4. The monoisotopic (exact) mass is 454 g/mol. The number of carbonyl (C=O) groups excluding carboxylic acids is 2. The van der Waals surface area contributed by atoms with Gasteiger partial charge in [-0.15, -0.1) is 0 Å². The van der Waals surface area contributed by atoms with Gasteiger partial charge in [0.15, 0.2) is 11.5 Å². The molecule has 2 aliphatic rings. The van der Waals surface area contributed by atoms with Gasteiger partial charge < -0.3 is 19.7 Å². The largest absolute Gasteiger partial charge is 0.485 e. The number of nitrogens with zero attached hydrogens (tertiary/aromatic N) is 3.